The van der Waals surface area contributed by atoms with Crippen molar-refractivity contribution in [3.63, 3.8) is 0 Å². The molecule has 0 aliphatic heterocycles. The van der Waals surface area contributed by atoms with Crippen molar-refractivity contribution >= 4 is 38.7 Å². The Balaban J connectivity index is 1.75. The van der Waals surface area contributed by atoms with E-state index in [-0.39, 0.29) is 6.04 Å². The van der Waals surface area contributed by atoms with Gasteiger partial charge in [-0.2, -0.15) is 17.4 Å². The first-order chi connectivity index (χ1) is 13.9. The fourth-order valence-corrected chi connectivity index (χ4v) is 5.15. The van der Waals surface area contributed by atoms with Crippen molar-refractivity contribution in [2.75, 3.05) is 21.2 Å². The van der Waals surface area contributed by atoms with Crippen LogP contribution in [-0.2, 0) is 34.4 Å². The third kappa shape index (κ3) is 3.93. The summed E-state index contributed by atoms with van der Waals surface area (Å²) in [5, 5.41) is 7.96. The molecule has 0 saturated heterocycles. The molecule has 154 valence electrons. The van der Waals surface area contributed by atoms with E-state index in [4.69, 9.17) is 4.84 Å². The molecule has 8 nitrogen and oxygen atoms in total. The number of fused-ring (bicyclic) bond motifs is 3. The monoisotopic (exact) mass is 433 g/mol. The Kier molecular flexibility index (Phi) is 5.43. The normalized spacial score (nSPS) is 16.9. The number of rotatable bonds is 7. The molecule has 0 radical (unpaired) electrons. The summed E-state index contributed by atoms with van der Waals surface area (Å²) in [4.78, 5) is 9.22. The molecule has 3 aromatic rings. The molecule has 0 fully saturated rings. The van der Waals surface area contributed by atoms with E-state index in [0.717, 1.165) is 27.2 Å². The maximum atomic E-state index is 12.3. The first kappa shape index (κ1) is 20.0. The van der Waals surface area contributed by atoms with Crippen LogP contribution in [0.1, 0.15) is 21.8 Å². The molecule has 0 spiro atoms. The fraction of sp³-hybridized carbons (Fsp3) is 0.368. The molecule has 29 heavy (non-hydrogen) atoms. The van der Waals surface area contributed by atoms with Crippen molar-refractivity contribution in [2.24, 2.45) is 5.16 Å². The van der Waals surface area contributed by atoms with Gasteiger partial charge >= 0.3 is 0 Å². The number of benzene rings is 1. The Morgan fingerprint density at radius 3 is 2.93 bits per heavy atom. The van der Waals surface area contributed by atoms with Crippen molar-refractivity contribution in [3.05, 3.63) is 51.6 Å². The maximum Gasteiger partial charge on any atom is 0.279 e. The number of oxime groups is 1. The first-order valence-electron chi connectivity index (χ1n) is 9.17. The van der Waals surface area contributed by atoms with Crippen LogP contribution < -0.4 is 4.72 Å². The fourth-order valence-electron chi connectivity index (χ4n) is 3.75. The average Bonchev–Trinajstić information content (AvgIpc) is 3.38. The zero-order valence-electron chi connectivity index (χ0n) is 16.5. The summed E-state index contributed by atoms with van der Waals surface area (Å²) >= 11 is 1.62. The standard InChI is InChI=1S/C19H23N5O3S2/c1-23(2)29(25,26)22-14-9-16-15-8-13(11-21-27-3)4-5-17(15)24(18(16)10-14)12-19-20-6-7-28-19/h4-8,11,14,22H,9-10,12H2,1-3H3. The maximum absolute atomic E-state index is 12.3. The van der Waals surface area contributed by atoms with E-state index in [1.807, 2.05) is 11.4 Å². The zero-order chi connectivity index (χ0) is 20.6. The third-order valence-electron chi connectivity index (χ3n) is 5.08. The Labute approximate surface area is 174 Å². The molecule has 2 aromatic heterocycles. The summed E-state index contributed by atoms with van der Waals surface area (Å²) in [7, 11) is 1.09. The predicted molar refractivity (Wildman–Crippen MR) is 115 cm³/mol. The van der Waals surface area contributed by atoms with Crippen LogP contribution in [0.4, 0.5) is 0 Å². The summed E-state index contributed by atoms with van der Waals surface area (Å²) in [5.74, 6) is 0. The highest BCUT2D eigenvalue weighted by molar-refractivity contribution is 7.87. The Bertz CT molecular complexity index is 1150. The first-order valence-corrected chi connectivity index (χ1v) is 11.5. The number of hydrogen-bond donors (Lipinski definition) is 1. The van der Waals surface area contributed by atoms with E-state index < -0.39 is 10.2 Å². The SMILES string of the molecule is CON=Cc1ccc2c(c1)c1c(n2Cc2nccs2)CC(NS(=O)(=O)N(C)C)C1. The lowest BCUT2D eigenvalue weighted by atomic mass is 10.1. The van der Waals surface area contributed by atoms with E-state index in [1.165, 1.54) is 31.1 Å². The third-order valence-corrected chi connectivity index (χ3v) is 7.44. The van der Waals surface area contributed by atoms with Gasteiger partial charge in [0.05, 0.1) is 12.8 Å². The van der Waals surface area contributed by atoms with Crippen LogP contribution in [0.3, 0.4) is 0 Å². The van der Waals surface area contributed by atoms with Gasteiger partial charge < -0.3 is 9.40 Å². The molecule has 0 saturated carbocycles. The molecule has 1 N–H and O–H groups in total. The van der Waals surface area contributed by atoms with Gasteiger partial charge in [0.15, 0.2) is 0 Å². The van der Waals surface area contributed by atoms with E-state index in [9.17, 15) is 8.42 Å². The number of hydrogen-bond acceptors (Lipinski definition) is 6. The Hall–Kier alpha value is -2.27. The predicted octanol–water partition coefficient (Wildman–Crippen LogP) is 1.99. The summed E-state index contributed by atoms with van der Waals surface area (Å²) in [6.45, 7) is 0.669. The lowest BCUT2D eigenvalue weighted by Gasteiger charge is -2.18. The molecule has 10 heteroatoms. The van der Waals surface area contributed by atoms with Crippen LogP contribution in [0.5, 0.6) is 0 Å². The number of nitrogens with one attached hydrogen (secondary N) is 1. The molecule has 2 heterocycles. The van der Waals surface area contributed by atoms with Crippen LogP contribution in [0, 0.1) is 0 Å². The molecular formula is C19H23N5O3S2. The van der Waals surface area contributed by atoms with Crippen molar-refractivity contribution in [2.45, 2.75) is 25.4 Å². The highest BCUT2D eigenvalue weighted by atomic mass is 32.2. The van der Waals surface area contributed by atoms with Gasteiger partial charge in [-0.25, -0.2) is 4.98 Å². The number of aromatic nitrogens is 2. The summed E-state index contributed by atoms with van der Waals surface area (Å²) in [5.41, 5.74) is 4.39. The van der Waals surface area contributed by atoms with E-state index >= 15 is 0 Å². The largest absolute Gasteiger partial charge is 0.399 e. The average molecular weight is 434 g/mol. The van der Waals surface area contributed by atoms with Gasteiger partial charge in [0.25, 0.3) is 10.2 Å². The minimum Gasteiger partial charge on any atom is -0.399 e. The molecule has 0 amide bonds. The summed E-state index contributed by atoms with van der Waals surface area (Å²) in [6.07, 6.45) is 4.77. The lowest BCUT2D eigenvalue weighted by molar-refractivity contribution is 0.215. The molecule has 1 atom stereocenters. The molecule has 1 aliphatic rings. The zero-order valence-corrected chi connectivity index (χ0v) is 18.1. The van der Waals surface area contributed by atoms with E-state index in [1.54, 1.807) is 23.7 Å². The minimum atomic E-state index is -3.49. The second-order valence-electron chi connectivity index (χ2n) is 7.14. The molecular weight excluding hydrogens is 410 g/mol. The highest BCUT2D eigenvalue weighted by Crippen LogP contribution is 2.35. The van der Waals surface area contributed by atoms with Gasteiger partial charge in [-0.15, -0.1) is 11.3 Å². The lowest BCUT2D eigenvalue weighted by Crippen LogP contribution is -2.42. The summed E-state index contributed by atoms with van der Waals surface area (Å²) in [6, 6.07) is 6.00. The van der Waals surface area contributed by atoms with Crippen molar-refractivity contribution in [3.8, 4) is 0 Å². The Morgan fingerprint density at radius 1 is 1.41 bits per heavy atom. The smallest absolute Gasteiger partial charge is 0.279 e. The molecule has 4 rings (SSSR count). The van der Waals surface area contributed by atoms with E-state index in [0.29, 0.717) is 19.4 Å². The molecule has 1 aliphatic carbocycles. The second-order valence-corrected chi connectivity index (χ2v) is 10.0. The highest BCUT2D eigenvalue weighted by Gasteiger charge is 2.31. The molecule has 1 unspecified atom stereocenters. The quantitative estimate of drug-likeness (QED) is 0.456. The van der Waals surface area contributed by atoms with Crippen LogP contribution in [0.2, 0.25) is 0 Å². The van der Waals surface area contributed by atoms with Crippen LogP contribution in [0.15, 0.2) is 34.9 Å². The van der Waals surface area contributed by atoms with Crippen molar-refractivity contribution in [1.29, 1.82) is 0 Å². The van der Waals surface area contributed by atoms with Gasteiger partial charge in [-0.3, -0.25) is 0 Å². The van der Waals surface area contributed by atoms with Crippen LogP contribution in [0.25, 0.3) is 10.9 Å². The van der Waals surface area contributed by atoms with E-state index in [2.05, 4.69) is 31.6 Å². The van der Waals surface area contributed by atoms with Crippen molar-refractivity contribution in [1.82, 2.24) is 18.6 Å². The van der Waals surface area contributed by atoms with Crippen molar-refractivity contribution < 1.29 is 13.3 Å². The van der Waals surface area contributed by atoms with Gasteiger partial charge in [0, 0.05) is 54.7 Å². The minimum absolute atomic E-state index is 0.171. The second kappa shape index (κ2) is 7.86. The number of nitrogens with zero attached hydrogens (tertiary/aromatic N) is 4. The molecule has 0 bridgehead atoms. The molecule has 1 aromatic carbocycles. The Morgan fingerprint density at radius 2 is 2.24 bits per heavy atom. The van der Waals surface area contributed by atoms with Crippen LogP contribution >= 0.6 is 11.3 Å². The number of thiazole rings is 1. The van der Waals surface area contributed by atoms with Gasteiger partial charge in [0.1, 0.15) is 12.1 Å². The van der Waals surface area contributed by atoms with Crippen LogP contribution in [-0.4, -0.2) is 55.7 Å². The van der Waals surface area contributed by atoms with Gasteiger partial charge in [-0.05, 0) is 29.7 Å². The summed E-state index contributed by atoms with van der Waals surface area (Å²) < 4.78 is 30.9. The topological polar surface area (TPSA) is 88.8 Å². The van der Waals surface area contributed by atoms with Gasteiger partial charge in [0.2, 0.25) is 0 Å². The van der Waals surface area contributed by atoms with Gasteiger partial charge in [-0.1, -0.05) is 11.2 Å².